The van der Waals surface area contributed by atoms with E-state index >= 15 is 0 Å². The molecule has 0 aliphatic carbocycles. The van der Waals surface area contributed by atoms with Gasteiger partial charge in [-0.1, -0.05) is 0 Å². The van der Waals surface area contributed by atoms with E-state index in [-0.39, 0.29) is 0 Å². The number of rotatable bonds is 3. The van der Waals surface area contributed by atoms with Crippen molar-refractivity contribution in [3.63, 3.8) is 0 Å². The maximum absolute atomic E-state index is 5.53. The monoisotopic (exact) mass is 144 g/mol. The zero-order chi connectivity index (χ0) is 7.40. The van der Waals surface area contributed by atoms with Gasteiger partial charge in [0.1, 0.15) is 0 Å². The third-order valence-corrected chi connectivity index (χ3v) is 1.96. The molecule has 3 N–H and O–H groups in total. The Kier molecular flexibility index (Phi) is 3.12. The van der Waals surface area contributed by atoms with Crippen molar-refractivity contribution < 1.29 is 4.74 Å². The Morgan fingerprint density at radius 1 is 1.60 bits per heavy atom. The summed E-state index contributed by atoms with van der Waals surface area (Å²) in [6.07, 6.45) is 0.356. The third-order valence-electron chi connectivity index (χ3n) is 1.96. The average molecular weight is 144 g/mol. The van der Waals surface area contributed by atoms with Gasteiger partial charge >= 0.3 is 0 Å². The van der Waals surface area contributed by atoms with Crippen LogP contribution in [0.25, 0.3) is 0 Å². The number of hydrogen-bond donors (Lipinski definition) is 2. The van der Waals surface area contributed by atoms with Gasteiger partial charge in [0.05, 0.1) is 6.10 Å². The molecule has 0 saturated carbocycles. The van der Waals surface area contributed by atoms with Gasteiger partial charge in [0.2, 0.25) is 0 Å². The summed E-state index contributed by atoms with van der Waals surface area (Å²) in [7, 11) is 0. The molecule has 3 nitrogen and oxygen atoms in total. The summed E-state index contributed by atoms with van der Waals surface area (Å²) >= 11 is 0. The van der Waals surface area contributed by atoms with E-state index < -0.39 is 0 Å². The highest BCUT2D eigenvalue weighted by atomic mass is 16.5. The highest BCUT2D eigenvalue weighted by molar-refractivity contribution is 4.82. The average Bonchev–Trinajstić information content (AvgIpc) is 2.36. The molecule has 1 fully saturated rings. The molecule has 0 aromatic carbocycles. The maximum atomic E-state index is 5.53. The molecule has 0 unspecified atom stereocenters. The third kappa shape index (κ3) is 1.68. The van der Waals surface area contributed by atoms with Crippen LogP contribution in [0, 0.1) is 5.92 Å². The molecule has 3 heteroatoms. The summed E-state index contributed by atoms with van der Waals surface area (Å²) < 4.78 is 5.46. The van der Waals surface area contributed by atoms with Gasteiger partial charge in [0.15, 0.2) is 0 Å². The molecule has 1 rings (SSSR count). The largest absolute Gasteiger partial charge is 0.377 e. The molecule has 1 saturated heterocycles. The van der Waals surface area contributed by atoms with Crippen LogP contribution in [0.1, 0.15) is 6.92 Å². The van der Waals surface area contributed by atoms with Crippen LogP contribution in [0.3, 0.4) is 0 Å². The summed E-state index contributed by atoms with van der Waals surface area (Å²) in [6.45, 7) is 5.53. The normalized spacial score (nSPS) is 33.0. The lowest BCUT2D eigenvalue weighted by Gasteiger charge is -2.15. The van der Waals surface area contributed by atoms with E-state index in [9.17, 15) is 0 Å². The molecule has 0 aromatic rings. The first-order valence-corrected chi connectivity index (χ1v) is 3.90. The zero-order valence-corrected chi connectivity index (χ0v) is 6.47. The Morgan fingerprint density at radius 2 is 2.40 bits per heavy atom. The summed E-state index contributed by atoms with van der Waals surface area (Å²) in [5, 5.41) is 3.25. The number of hydrogen-bond acceptors (Lipinski definition) is 3. The van der Waals surface area contributed by atoms with Crippen molar-refractivity contribution in [3.8, 4) is 0 Å². The van der Waals surface area contributed by atoms with Crippen LogP contribution in [0.15, 0.2) is 0 Å². The van der Waals surface area contributed by atoms with Crippen LogP contribution in [-0.4, -0.2) is 32.3 Å². The number of nitrogens with one attached hydrogen (secondary N) is 1. The molecule has 0 bridgehead atoms. The molecular weight excluding hydrogens is 128 g/mol. The van der Waals surface area contributed by atoms with Gasteiger partial charge in [-0.3, -0.25) is 0 Å². The maximum Gasteiger partial charge on any atom is 0.0751 e. The summed E-state index contributed by atoms with van der Waals surface area (Å²) in [5.74, 6) is 0.528. The highest BCUT2D eigenvalue weighted by Gasteiger charge is 2.25. The zero-order valence-electron chi connectivity index (χ0n) is 6.47. The summed E-state index contributed by atoms with van der Waals surface area (Å²) in [4.78, 5) is 0. The van der Waals surface area contributed by atoms with Crippen LogP contribution >= 0.6 is 0 Å². The van der Waals surface area contributed by atoms with Crippen molar-refractivity contribution in [1.29, 1.82) is 0 Å². The minimum absolute atomic E-state index is 0.356. The fourth-order valence-corrected chi connectivity index (χ4v) is 1.35. The Balaban J connectivity index is 2.27. The second kappa shape index (κ2) is 3.91. The molecule has 60 valence electrons. The van der Waals surface area contributed by atoms with E-state index in [2.05, 4.69) is 5.32 Å². The van der Waals surface area contributed by atoms with Gasteiger partial charge in [0, 0.05) is 25.6 Å². The smallest absolute Gasteiger partial charge is 0.0751 e. The lowest BCUT2D eigenvalue weighted by atomic mass is 10.1. The van der Waals surface area contributed by atoms with Crippen molar-refractivity contribution in [1.82, 2.24) is 5.32 Å². The van der Waals surface area contributed by atoms with Gasteiger partial charge in [-0.15, -0.1) is 0 Å². The standard InChI is InChI=1S/C7H16N2O/c1-2-10-7-5-9-4-6(7)3-8/h6-7,9H,2-5,8H2,1H3/t6-,7-/m1/s1. The number of nitrogens with two attached hydrogens (primary N) is 1. The first-order valence-electron chi connectivity index (χ1n) is 3.90. The summed E-state index contributed by atoms with van der Waals surface area (Å²) in [5.41, 5.74) is 5.53. The fourth-order valence-electron chi connectivity index (χ4n) is 1.35. The molecule has 0 radical (unpaired) electrons. The fraction of sp³-hybridized carbons (Fsp3) is 1.00. The second-order valence-corrected chi connectivity index (χ2v) is 2.65. The molecule has 1 aliphatic heterocycles. The molecule has 0 aromatic heterocycles. The van der Waals surface area contributed by atoms with Crippen LogP contribution < -0.4 is 11.1 Å². The summed E-state index contributed by atoms with van der Waals surface area (Å²) in [6, 6.07) is 0. The molecule has 1 heterocycles. The molecule has 10 heavy (non-hydrogen) atoms. The first kappa shape index (κ1) is 7.98. The van der Waals surface area contributed by atoms with E-state index in [0.717, 1.165) is 26.2 Å². The van der Waals surface area contributed by atoms with Crippen molar-refractivity contribution >= 4 is 0 Å². The van der Waals surface area contributed by atoms with Crippen molar-refractivity contribution in [2.24, 2.45) is 11.7 Å². The predicted molar refractivity (Wildman–Crippen MR) is 40.8 cm³/mol. The van der Waals surface area contributed by atoms with Crippen LogP contribution in [0.4, 0.5) is 0 Å². The van der Waals surface area contributed by atoms with E-state index in [4.69, 9.17) is 10.5 Å². The lowest BCUT2D eigenvalue weighted by molar-refractivity contribution is 0.0491. The van der Waals surface area contributed by atoms with E-state index in [1.807, 2.05) is 6.92 Å². The van der Waals surface area contributed by atoms with Crippen molar-refractivity contribution in [3.05, 3.63) is 0 Å². The SMILES string of the molecule is CCO[C@@H]1CNC[C@H]1CN. The second-order valence-electron chi connectivity index (χ2n) is 2.65. The van der Waals surface area contributed by atoms with Gasteiger partial charge in [0.25, 0.3) is 0 Å². The Hall–Kier alpha value is -0.120. The first-order chi connectivity index (χ1) is 4.88. The quantitative estimate of drug-likeness (QED) is 0.565. The molecule has 1 aliphatic rings. The van der Waals surface area contributed by atoms with Crippen LogP contribution in [-0.2, 0) is 4.74 Å². The van der Waals surface area contributed by atoms with Gasteiger partial charge in [-0.05, 0) is 13.5 Å². The minimum Gasteiger partial charge on any atom is -0.377 e. The van der Waals surface area contributed by atoms with E-state index in [1.54, 1.807) is 0 Å². The number of ether oxygens (including phenoxy) is 1. The van der Waals surface area contributed by atoms with Gasteiger partial charge < -0.3 is 15.8 Å². The molecule has 0 amide bonds. The van der Waals surface area contributed by atoms with E-state index in [0.29, 0.717) is 12.0 Å². The van der Waals surface area contributed by atoms with Gasteiger partial charge in [-0.25, -0.2) is 0 Å². The van der Waals surface area contributed by atoms with Gasteiger partial charge in [-0.2, -0.15) is 0 Å². The highest BCUT2D eigenvalue weighted by Crippen LogP contribution is 2.10. The molecule has 0 spiro atoms. The van der Waals surface area contributed by atoms with E-state index in [1.165, 1.54) is 0 Å². The Labute approximate surface area is 61.9 Å². The van der Waals surface area contributed by atoms with Crippen LogP contribution in [0.2, 0.25) is 0 Å². The topological polar surface area (TPSA) is 47.3 Å². The van der Waals surface area contributed by atoms with Crippen molar-refractivity contribution in [2.75, 3.05) is 26.2 Å². The van der Waals surface area contributed by atoms with Crippen LogP contribution in [0.5, 0.6) is 0 Å². The Bertz CT molecular complexity index is 97.6. The Morgan fingerprint density at radius 3 is 3.00 bits per heavy atom. The van der Waals surface area contributed by atoms with Crippen molar-refractivity contribution in [2.45, 2.75) is 13.0 Å². The predicted octanol–water partition coefficient (Wildman–Crippen LogP) is -0.430. The minimum atomic E-state index is 0.356. The molecular formula is C7H16N2O. The lowest BCUT2D eigenvalue weighted by Crippen LogP contribution is -2.28. The molecule has 2 atom stereocenters.